The first-order valence-corrected chi connectivity index (χ1v) is 6.83. The van der Waals surface area contributed by atoms with Crippen molar-refractivity contribution in [1.29, 1.82) is 0 Å². The van der Waals surface area contributed by atoms with Crippen LogP contribution in [0.5, 0.6) is 5.88 Å². The molecule has 0 radical (unpaired) electrons. The van der Waals surface area contributed by atoms with Crippen LogP contribution in [0, 0.1) is 5.82 Å². The van der Waals surface area contributed by atoms with Crippen molar-refractivity contribution in [1.82, 2.24) is 9.97 Å². The van der Waals surface area contributed by atoms with Crippen molar-refractivity contribution in [3.05, 3.63) is 53.2 Å². The number of nitrogens with zero attached hydrogens (tertiary/aromatic N) is 2. The normalized spacial score (nSPS) is 10.8. The standard InChI is InChI=1S/C16H19FN2O/c1-4-15-18-14(11(2)3)9-16(19-15)20-10-12-6-5-7-13(17)8-12/h5-9,11H,4,10H2,1-3H3. The molecule has 2 rings (SSSR count). The molecule has 0 aliphatic carbocycles. The summed E-state index contributed by atoms with van der Waals surface area (Å²) < 4.78 is 18.8. The largest absolute Gasteiger partial charge is 0.473 e. The first-order chi connectivity index (χ1) is 9.58. The van der Waals surface area contributed by atoms with Crippen LogP contribution in [-0.2, 0) is 13.0 Å². The lowest BCUT2D eigenvalue weighted by Crippen LogP contribution is -2.04. The predicted octanol–water partition coefficient (Wildman–Crippen LogP) is 3.88. The molecular weight excluding hydrogens is 255 g/mol. The second-order valence-corrected chi connectivity index (χ2v) is 4.97. The number of aromatic nitrogens is 2. The van der Waals surface area contributed by atoms with Gasteiger partial charge in [0.2, 0.25) is 5.88 Å². The SMILES string of the molecule is CCc1nc(OCc2cccc(F)c2)cc(C(C)C)n1. The molecule has 0 aliphatic heterocycles. The molecule has 1 aromatic heterocycles. The molecule has 0 saturated heterocycles. The Hall–Kier alpha value is -1.97. The van der Waals surface area contributed by atoms with Gasteiger partial charge in [-0.2, -0.15) is 4.98 Å². The Morgan fingerprint density at radius 2 is 2.00 bits per heavy atom. The summed E-state index contributed by atoms with van der Waals surface area (Å²) in [4.78, 5) is 8.81. The van der Waals surface area contributed by atoms with Crippen molar-refractivity contribution < 1.29 is 9.13 Å². The van der Waals surface area contributed by atoms with Gasteiger partial charge >= 0.3 is 0 Å². The topological polar surface area (TPSA) is 35.0 Å². The fraction of sp³-hybridized carbons (Fsp3) is 0.375. The van der Waals surface area contributed by atoms with Crippen molar-refractivity contribution in [3.8, 4) is 5.88 Å². The number of hydrogen-bond acceptors (Lipinski definition) is 3. The first-order valence-electron chi connectivity index (χ1n) is 6.83. The highest BCUT2D eigenvalue weighted by Crippen LogP contribution is 2.18. The Bertz CT molecular complexity index is 584. The Balaban J connectivity index is 2.14. The number of benzene rings is 1. The van der Waals surface area contributed by atoms with E-state index in [0.29, 0.717) is 18.4 Å². The molecular formula is C16H19FN2O. The molecule has 0 atom stereocenters. The zero-order valence-electron chi connectivity index (χ0n) is 12.1. The van der Waals surface area contributed by atoms with E-state index in [-0.39, 0.29) is 5.82 Å². The highest BCUT2D eigenvalue weighted by molar-refractivity contribution is 5.20. The van der Waals surface area contributed by atoms with Gasteiger partial charge in [0.15, 0.2) is 0 Å². The van der Waals surface area contributed by atoms with E-state index in [4.69, 9.17) is 4.74 Å². The maximum atomic E-state index is 13.1. The zero-order valence-corrected chi connectivity index (χ0v) is 12.1. The lowest BCUT2D eigenvalue weighted by Gasteiger charge is -2.10. The quantitative estimate of drug-likeness (QED) is 0.830. The summed E-state index contributed by atoms with van der Waals surface area (Å²) in [5, 5.41) is 0. The number of hydrogen-bond donors (Lipinski definition) is 0. The fourth-order valence-corrected chi connectivity index (χ4v) is 1.80. The van der Waals surface area contributed by atoms with Crippen LogP contribution in [0.25, 0.3) is 0 Å². The third-order valence-electron chi connectivity index (χ3n) is 2.95. The van der Waals surface area contributed by atoms with Crippen molar-refractivity contribution in [2.45, 2.75) is 39.7 Å². The Morgan fingerprint density at radius 1 is 1.20 bits per heavy atom. The van der Waals surface area contributed by atoms with Crippen LogP contribution in [0.3, 0.4) is 0 Å². The monoisotopic (exact) mass is 274 g/mol. The highest BCUT2D eigenvalue weighted by atomic mass is 19.1. The van der Waals surface area contributed by atoms with E-state index >= 15 is 0 Å². The Morgan fingerprint density at radius 3 is 2.65 bits per heavy atom. The van der Waals surface area contributed by atoms with Crippen molar-refractivity contribution in [3.63, 3.8) is 0 Å². The Kier molecular flexibility index (Phi) is 4.66. The van der Waals surface area contributed by atoms with Crippen LogP contribution in [0.2, 0.25) is 0 Å². The minimum absolute atomic E-state index is 0.258. The molecule has 20 heavy (non-hydrogen) atoms. The summed E-state index contributed by atoms with van der Waals surface area (Å²) in [5.41, 5.74) is 1.75. The summed E-state index contributed by atoms with van der Waals surface area (Å²) in [7, 11) is 0. The van der Waals surface area contributed by atoms with Gasteiger partial charge in [-0.05, 0) is 23.6 Å². The van der Waals surface area contributed by atoms with Crippen molar-refractivity contribution in [2.24, 2.45) is 0 Å². The molecule has 0 fully saturated rings. The van der Waals surface area contributed by atoms with Gasteiger partial charge in [0, 0.05) is 12.5 Å². The van der Waals surface area contributed by atoms with Crippen molar-refractivity contribution in [2.75, 3.05) is 0 Å². The summed E-state index contributed by atoms with van der Waals surface area (Å²) in [6, 6.07) is 8.23. The van der Waals surface area contributed by atoms with Gasteiger partial charge in [-0.15, -0.1) is 0 Å². The number of aryl methyl sites for hydroxylation is 1. The molecule has 0 aliphatic rings. The average Bonchev–Trinajstić information content (AvgIpc) is 2.45. The lowest BCUT2D eigenvalue weighted by molar-refractivity contribution is 0.291. The smallest absolute Gasteiger partial charge is 0.217 e. The predicted molar refractivity (Wildman–Crippen MR) is 76.2 cm³/mol. The summed E-state index contributed by atoms with van der Waals surface area (Å²) >= 11 is 0. The molecule has 106 valence electrons. The van der Waals surface area contributed by atoms with Gasteiger partial charge in [0.05, 0.1) is 5.69 Å². The molecule has 1 heterocycles. The third kappa shape index (κ3) is 3.76. The number of ether oxygens (including phenoxy) is 1. The highest BCUT2D eigenvalue weighted by Gasteiger charge is 2.08. The molecule has 2 aromatic rings. The van der Waals surface area contributed by atoms with Gasteiger partial charge < -0.3 is 4.74 Å². The van der Waals surface area contributed by atoms with Crippen LogP contribution in [0.4, 0.5) is 4.39 Å². The van der Waals surface area contributed by atoms with E-state index in [2.05, 4.69) is 23.8 Å². The lowest BCUT2D eigenvalue weighted by atomic mass is 10.1. The van der Waals surface area contributed by atoms with E-state index in [1.807, 2.05) is 19.1 Å². The Labute approximate surface area is 118 Å². The van der Waals surface area contributed by atoms with E-state index in [1.165, 1.54) is 12.1 Å². The molecule has 4 heteroatoms. The second-order valence-electron chi connectivity index (χ2n) is 4.97. The van der Waals surface area contributed by atoms with E-state index in [1.54, 1.807) is 6.07 Å². The van der Waals surface area contributed by atoms with Gasteiger partial charge in [-0.25, -0.2) is 9.37 Å². The molecule has 3 nitrogen and oxygen atoms in total. The molecule has 0 amide bonds. The van der Waals surface area contributed by atoms with Gasteiger partial charge in [-0.3, -0.25) is 0 Å². The maximum Gasteiger partial charge on any atom is 0.217 e. The van der Waals surface area contributed by atoms with E-state index < -0.39 is 0 Å². The van der Waals surface area contributed by atoms with Crippen LogP contribution in [0.1, 0.15) is 43.8 Å². The first kappa shape index (κ1) is 14.4. The average molecular weight is 274 g/mol. The van der Waals surface area contributed by atoms with Gasteiger partial charge in [-0.1, -0.05) is 32.9 Å². The van der Waals surface area contributed by atoms with E-state index in [0.717, 1.165) is 23.5 Å². The summed E-state index contributed by atoms with van der Waals surface area (Å²) in [6.45, 7) is 6.47. The van der Waals surface area contributed by atoms with Crippen LogP contribution < -0.4 is 4.74 Å². The number of halogens is 1. The molecule has 0 bridgehead atoms. The molecule has 0 spiro atoms. The second kappa shape index (κ2) is 6.46. The maximum absolute atomic E-state index is 13.1. The molecule has 1 aromatic carbocycles. The fourth-order valence-electron chi connectivity index (χ4n) is 1.80. The van der Waals surface area contributed by atoms with Gasteiger partial charge in [0.1, 0.15) is 18.2 Å². The minimum atomic E-state index is -0.258. The van der Waals surface area contributed by atoms with Crippen molar-refractivity contribution >= 4 is 0 Å². The number of rotatable bonds is 5. The zero-order chi connectivity index (χ0) is 14.5. The van der Waals surface area contributed by atoms with E-state index in [9.17, 15) is 4.39 Å². The molecule has 0 unspecified atom stereocenters. The minimum Gasteiger partial charge on any atom is -0.473 e. The van der Waals surface area contributed by atoms with Crippen LogP contribution in [0.15, 0.2) is 30.3 Å². The van der Waals surface area contributed by atoms with Crippen LogP contribution >= 0.6 is 0 Å². The molecule has 0 N–H and O–H groups in total. The third-order valence-corrected chi connectivity index (χ3v) is 2.95. The van der Waals surface area contributed by atoms with Crippen LogP contribution in [-0.4, -0.2) is 9.97 Å². The summed E-state index contributed by atoms with van der Waals surface area (Å²) in [6.07, 6.45) is 0.761. The van der Waals surface area contributed by atoms with Gasteiger partial charge in [0.25, 0.3) is 0 Å². The summed E-state index contributed by atoms with van der Waals surface area (Å²) in [5.74, 6) is 1.38. The molecule has 0 saturated carbocycles.